The zero-order chi connectivity index (χ0) is 13.4. The maximum Gasteiger partial charge on any atom is 0.124 e. The Kier molecular flexibility index (Phi) is 3.81. The monoisotopic (exact) mass is 316 g/mol. The van der Waals surface area contributed by atoms with Gasteiger partial charge in [0.1, 0.15) is 5.82 Å². The van der Waals surface area contributed by atoms with E-state index < -0.39 is 5.60 Å². The van der Waals surface area contributed by atoms with Crippen LogP contribution in [0.1, 0.15) is 32.3 Å². The van der Waals surface area contributed by atoms with Gasteiger partial charge in [0.05, 0.1) is 17.8 Å². The van der Waals surface area contributed by atoms with Crippen molar-refractivity contribution in [1.29, 1.82) is 0 Å². The summed E-state index contributed by atoms with van der Waals surface area (Å²) in [6.45, 7) is 4.52. The van der Waals surface area contributed by atoms with Gasteiger partial charge in [-0.05, 0) is 38.0 Å². The van der Waals surface area contributed by atoms with Crippen molar-refractivity contribution in [2.24, 2.45) is 0 Å². The third-order valence-electron chi connectivity index (χ3n) is 3.35. The van der Waals surface area contributed by atoms with Crippen molar-refractivity contribution in [3.8, 4) is 0 Å². The van der Waals surface area contributed by atoms with Gasteiger partial charge in [-0.15, -0.1) is 0 Å². The minimum atomic E-state index is -0.776. The summed E-state index contributed by atoms with van der Waals surface area (Å²) < 4.78 is 19.4. The lowest BCUT2D eigenvalue weighted by Gasteiger charge is -2.41. The Balaban J connectivity index is 2.17. The van der Waals surface area contributed by atoms with Gasteiger partial charge in [-0.1, -0.05) is 22.0 Å². The minimum absolute atomic E-state index is 0.273. The third-order valence-corrected chi connectivity index (χ3v) is 4.09. The Labute approximate surface area is 115 Å². The van der Waals surface area contributed by atoms with Crippen LogP contribution in [0.25, 0.3) is 0 Å². The van der Waals surface area contributed by atoms with E-state index in [4.69, 9.17) is 4.74 Å². The largest absolute Gasteiger partial charge is 0.389 e. The fourth-order valence-corrected chi connectivity index (χ4v) is 3.11. The molecule has 1 aromatic carbocycles. The van der Waals surface area contributed by atoms with Crippen molar-refractivity contribution < 1.29 is 14.2 Å². The lowest BCUT2D eigenvalue weighted by molar-refractivity contribution is -0.143. The molecule has 0 aliphatic carbocycles. The van der Waals surface area contributed by atoms with Crippen molar-refractivity contribution in [2.45, 2.75) is 44.3 Å². The van der Waals surface area contributed by atoms with Gasteiger partial charge >= 0.3 is 0 Å². The van der Waals surface area contributed by atoms with E-state index in [0.29, 0.717) is 30.3 Å². The summed E-state index contributed by atoms with van der Waals surface area (Å²) in [6, 6.07) is 4.58. The van der Waals surface area contributed by atoms with E-state index in [1.165, 1.54) is 12.1 Å². The molecular weight excluding hydrogens is 299 g/mol. The molecule has 0 radical (unpaired) electrons. The average molecular weight is 317 g/mol. The number of aliphatic hydroxyl groups is 1. The molecule has 0 amide bonds. The van der Waals surface area contributed by atoms with Gasteiger partial charge < -0.3 is 9.84 Å². The van der Waals surface area contributed by atoms with Gasteiger partial charge in [-0.2, -0.15) is 0 Å². The van der Waals surface area contributed by atoms with Crippen molar-refractivity contribution in [3.05, 3.63) is 34.1 Å². The molecule has 1 heterocycles. The molecule has 0 spiro atoms. The van der Waals surface area contributed by atoms with Crippen LogP contribution in [-0.2, 0) is 11.2 Å². The molecule has 1 fully saturated rings. The Morgan fingerprint density at radius 2 is 2.17 bits per heavy atom. The first kappa shape index (κ1) is 14.0. The summed E-state index contributed by atoms with van der Waals surface area (Å²) in [5.41, 5.74) is -0.154. The zero-order valence-corrected chi connectivity index (χ0v) is 12.3. The summed E-state index contributed by atoms with van der Waals surface area (Å²) in [7, 11) is 0. The topological polar surface area (TPSA) is 29.5 Å². The number of ether oxygens (including phenoxy) is 1. The molecule has 0 bridgehead atoms. The Morgan fingerprint density at radius 3 is 2.78 bits per heavy atom. The second kappa shape index (κ2) is 4.91. The highest BCUT2D eigenvalue weighted by atomic mass is 79.9. The van der Waals surface area contributed by atoms with Gasteiger partial charge in [0.2, 0.25) is 0 Å². The predicted molar refractivity (Wildman–Crippen MR) is 72.0 cm³/mol. The number of halogens is 2. The van der Waals surface area contributed by atoms with Crippen LogP contribution in [0.15, 0.2) is 22.7 Å². The second-order valence-corrected chi connectivity index (χ2v) is 6.53. The summed E-state index contributed by atoms with van der Waals surface area (Å²) in [6.07, 6.45) is 1.71. The first-order chi connectivity index (χ1) is 8.30. The van der Waals surface area contributed by atoms with Gasteiger partial charge in [-0.3, -0.25) is 0 Å². The average Bonchev–Trinajstić information content (AvgIpc) is 2.20. The highest BCUT2D eigenvalue weighted by Crippen LogP contribution is 2.35. The maximum absolute atomic E-state index is 13.0. The number of hydrogen-bond donors (Lipinski definition) is 1. The lowest BCUT2D eigenvalue weighted by Crippen LogP contribution is -2.47. The second-order valence-electron chi connectivity index (χ2n) is 5.67. The summed E-state index contributed by atoms with van der Waals surface area (Å²) >= 11 is 3.34. The molecule has 1 saturated heterocycles. The van der Waals surface area contributed by atoms with Crippen molar-refractivity contribution >= 4 is 15.9 Å². The first-order valence-electron chi connectivity index (χ1n) is 6.10. The van der Waals surface area contributed by atoms with Crippen LogP contribution in [0.5, 0.6) is 0 Å². The van der Waals surface area contributed by atoms with Gasteiger partial charge in [0, 0.05) is 17.3 Å². The van der Waals surface area contributed by atoms with E-state index in [-0.39, 0.29) is 11.4 Å². The lowest BCUT2D eigenvalue weighted by atomic mass is 9.80. The standard InChI is InChI=1S/C14H18BrFO2/c1-13(2)9-14(17,5-6-18-13)8-10-3-4-11(16)7-12(10)15/h3-4,7,17H,5-6,8-9H2,1-2H3. The minimum Gasteiger partial charge on any atom is -0.389 e. The molecule has 1 aliphatic heterocycles. The molecule has 1 N–H and O–H groups in total. The number of benzene rings is 1. The van der Waals surface area contributed by atoms with Crippen molar-refractivity contribution in [2.75, 3.05) is 6.61 Å². The predicted octanol–water partition coefficient (Wildman–Crippen LogP) is 3.45. The highest BCUT2D eigenvalue weighted by molar-refractivity contribution is 9.10. The van der Waals surface area contributed by atoms with Crippen LogP contribution in [0.4, 0.5) is 4.39 Å². The fraction of sp³-hybridized carbons (Fsp3) is 0.571. The van der Waals surface area contributed by atoms with Crippen molar-refractivity contribution in [1.82, 2.24) is 0 Å². The molecule has 1 aromatic rings. The Bertz CT molecular complexity index is 447. The summed E-state index contributed by atoms with van der Waals surface area (Å²) in [5, 5.41) is 10.7. The molecule has 4 heteroatoms. The smallest absolute Gasteiger partial charge is 0.124 e. The molecule has 18 heavy (non-hydrogen) atoms. The van der Waals surface area contributed by atoms with Crippen LogP contribution >= 0.6 is 15.9 Å². The molecule has 1 atom stereocenters. The Morgan fingerprint density at radius 1 is 1.44 bits per heavy atom. The van der Waals surface area contributed by atoms with Gasteiger partial charge in [-0.25, -0.2) is 4.39 Å². The zero-order valence-electron chi connectivity index (χ0n) is 10.7. The van der Waals surface area contributed by atoms with Crippen LogP contribution in [0.3, 0.4) is 0 Å². The maximum atomic E-state index is 13.0. The molecule has 0 aromatic heterocycles. The number of hydrogen-bond acceptors (Lipinski definition) is 2. The fourth-order valence-electron chi connectivity index (χ4n) is 2.62. The molecule has 1 aliphatic rings. The molecule has 1 unspecified atom stereocenters. The molecule has 2 nitrogen and oxygen atoms in total. The summed E-state index contributed by atoms with van der Waals surface area (Å²) in [5.74, 6) is -0.273. The highest BCUT2D eigenvalue weighted by Gasteiger charge is 2.39. The third kappa shape index (κ3) is 3.31. The van der Waals surface area contributed by atoms with Crippen LogP contribution in [0.2, 0.25) is 0 Å². The van der Waals surface area contributed by atoms with Gasteiger partial charge in [0.25, 0.3) is 0 Å². The molecule has 0 saturated carbocycles. The van der Waals surface area contributed by atoms with E-state index in [9.17, 15) is 9.50 Å². The van der Waals surface area contributed by atoms with Crippen LogP contribution < -0.4 is 0 Å². The molecule has 2 rings (SSSR count). The van der Waals surface area contributed by atoms with E-state index in [2.05, 4.69) is 15.9 Å². The van der Waals surface area contributed by atoms with E-state index in [0.717, 1.165) is 5.56 Å². The van der Waals surface area contributed by atoms with E-state index in [1.807, 2.05) is 13.8 Å². The normalized spacial score (nSPS) is 27.2. The van der Waals surface area contributed by atoms with E-state index >= 15 is 0 Å². The van der Waals surface area contributed by atoms with Crippen LogP contribution in [0, 0.1) is 5.82 Å². The number of rotatable bonds is 2. The van der Waals surface area contributed by atoms with Crippen LogP contribution in [-0.4, -0.2) is 22.9 Å². The Hall–Kier alpha value is -0.450. The quantitative estimate of drug-likeness (QED) is 0.905. The molecular formula is C14H18BrFO2. The summed E-state index contributed by atoms with van der Waals surface area (Å²) in [4.78, 5) is 0. The van der Waals surface area contributed by atoms with Crippen molar-refractivity contribution in [3.63, 3.8) is 0 Å². The first-order valence-corrected chi connectivity index (χ1v) is 6.89. The SMILES string of the molecule is CC1(C)CC(O)(Cc2ccc(F)cc2Br)CCO1. The van der Waals surface area contributed by atoms with E-state index in [1.54, 1.807) is 6.07 Å². The molecule has 100 valence electrons. The van der Waals surface area contributed by atoms with Gasteiger partial charge in [0.15, 0.2) is 0 Å².